The molecule has 0 bridgehead atoms. The number of hydrogen-bond acceptors (Lipinski definition) is 5. The van der Waals surface area contributed by atoms with Crippen LogP contribution in [0.15, 0.2) is 5.38 Å². The van der Waals surface area contributed by atoms with Crippen molar-refractivity contribution in [1.82, 2.24) is 10.3 Å². The predicted octanol–water partition coefficient (Wildman–Crippen LogP) is 2.65. The number of thiazole rings is 1. The van der Waals surface area contributed by atoms with Crippen molar-refractivity contribution in [2.45, 2.75) is 57.4 Å². The first-order chi connectivity index (χ1) is 9.33. The minimum Gasteiger partial charge on any atom is -0.377 e. The molecule has 3 rings (SSSR count). The summed E-state index contributed by atoms with van der Waals surface area (Å²) in [5.74, 6) is 0. The largest absolute Gasteiger partial charge is 0.377 e. The van der Waals surface area contributed by atoms with Gasteiger partial charge >= 0.3 is 0 Å². The molecule has 0 aliphatic carbocycles. The van der Waals surface area contributed by atoms with Gasteiger partial charge in [-0.25, -0.2) is 4.98 Å². The first-order valence-corrected chi connectivity index (χ1v) is 8.12. The van der Waals surface area contributed by atoms with Gasteiger partial charge in [-0.1, -0.05) is 0 Å². The summed E-state index contributed by atoms with van der Waals surface area (Å²) < 4.78 is 11.4. The SMILES string of the molecule is C[C@H](NCc1csc([C@H]2CCCO2)n1)[C@@H]1CCCO1. The highest BCUT2D eigenvalue weighted by atomic mass is 32.1. The molecule has 0 radical (unpaired) electrons. The van der Waals surface area contributed by atoms with Crippen LogP contribution in [0.3, 0.4) is 0 Å². The van der Waals surface area contributed by atoms with Crippen LogP contribution in [-0.4, -0.2) is 30.3 Å². The van der Waals surface area contributed by atoms with Gasteiger partial charge in [0.2, 0.25) is 0 Å². The van der Waals surface area contributed by atoms with E-state index in [2.05, 4.69) is 22.6 Å². The van der Waals surface area contributed by atoms with Crippen molar-refractivity contribution in [1.29, 1.82) is 0 Å². The van der Waals surface area contributed by atoms with Crippen molar-refractivity contribution >= 4 is 11.3 Å². The molecule has 1 aromatic heterocycles. The van der Waals surface area contributed by atoms with E-state index >= 15 is 0 Å². The minimum atomic E-state index is 0.245. The molecule has 2 aliphatic heterocycles. The Labute approximate surface area is 118 Å². The number of ether oxygens (including phenoxy) is 2. The van der Waals surface area contributed by atoms with Crippen LogP contribution < -0.4 is 5.32 Å². The summed E-state index contributed by atoms with van der Waals surface area (Å²) in [6.07, 6.45) is 5.26. The third-order valence-electron chi connectivity index (χ3n) is 3.90. The van der Waals surface area contributed by atoms with Crippen LogP contribution in [0.25, 0.3) is 0 Å². The molecule has 0 saturated carbocycles. The Bertz CT molecular complexity index is 398. The minimum absolute atomic E-state index is 0.245. The molecule has 0 spiro atoms. The molecule has 4 nitrogen and oxygen atoms in total. The van der Waals surface area contributed by atoms with Gasteiger partial charge in [0.25, 0.3) is 0 Å². The van der Waals surface area contributed by atoms with Crippen molar-refractivity contribution in [3.8, 4) is 0 Å². The van der Waals surface area contributed by atoms with Gasteiger partial charge in [0.15, 0.2) is 0 Å². The van der Waals surface area contributed by atoms with Gasteiger partial charge in [-0.3, -0.25) is 0 Å². The molecule has 0 unspecified atom stereocenters. The second-order valence-electron chi connectivity index (χ2n) is 5.40. The number of aromatic nitrogens is 1. The van der Waals surface area contributed by atoms with Crippen LogP contribution in [0.5, 0.6) is 0 Å². The number of rotatable bonds is 5. The van der Waals surface area contributed by atoms with Crippen molar-refractivity contribution in [2.24, 2.45) is 0 Å². The van der Waals surface area contributed by atoms with Crippen molar-refractivity contribution in [2.75, 3.05) is 13.2 Å². The second-order valence-corrected chi connectivity index (χ2v) is 6.29. The number of hydrogen-bond donors (Lipinski definition) is 1. The predicted molar refractivity (Wildman–Crippen MR) is 75.3 cm³/mol. The Balaban J connectivity index is 1.49. The molecule has 5 heteroatoms. The zero-order valence-corrected chi connectivity index (χ0v) is 12.2. The average molecular weight is 282 g/mol. The normalized spacial score (nSPS) is 28.9. The Hall–Kier alpha value is -0.490. The smallest absolute Gasteiger partial charge is 0.122 e. The van der Waals surface area contributed by atoms with E-state index in [1.165, 1.54) is 12.8 Å². The Morgan fingerprint density at radius 3 is 2.95 bits per heavy atom. The summed E-state index contributed by atoms with van der Waals surface area (Å²) in [7, 11) is 0. The molecule has 2 fully saturated rings. The van der Waals surface area contributed by atoms with Crippen LogP contribution >= 0.6 is 11.3 Å². The van der Waals surface area contributed by atoms with Crippen LogP contribution in [0.2, 0.25) is 0 Å². The van der Waals surface area contributed by atoms with Gasteiger partial charge in [0.05, 0.1) is 11.8 Å². The molecule has 0 aromatic carbocycles. The Morgan fingerprint density at radius 1 is 1.37 bits per heavy atom. The van der Waals surface area contributed by atoms with Gasteiger partial charge in [-0.2, -0.15) is 0 Å². The molecule has 106 valence electrons. The highest BCUT2D eigenvalue weighted by molar-refractivity contribution is 7.09. The molecular formula is C14H22N2O2S. The highest BCUT2D eigenvalue weighted by Crippen LogP contribution is 2.30. The van der Waals surface area contributed by atoms with E-state index in [1.807, 2.05) is 0 Å². The highest BCUT2D eigenvalue weighted by Gasteiger charge is 2.23. The van der Waals surface area contributed by atoms with Gasteiger partial charge < -0.3 is 14.8 Å². The molecule has 2 saturated heterocycles. The lowest BCUT2D eigenvalue weighted by Gasteiger charge is -2.19. The standard InChI is InChI=1S/C14H22N2O2S/c1-10(12-4-2-6-17-12)15-8-11-9-19-14(16-11)13-5-3-7-18-13/h9-10,12-13,15H,2-8H2,1H3/t10-,12-,13+/m0/s1. The summed E-state index contributed by atoms with van der Waals surface area (Å²) in [6, 6.07) is 0.399. The topological polar surface area (TPSA) is 43.4 Å². The lowest BCUT2D eigenvalue weighted by atomic mass is 10.1. The third kappa shape index (κ3) is 3.34. The molecule has 2 aliphatic rings. The summed E-state index contributed by atoms with van der Waals surface area (Å²) in [6.45, 7) is 4.82. The van der Waals surface area contributed by atoms with E-state index in [1.54, 1.807) is 11.3 Å². The van der Waals surface area contributed by atoms with E-state index in [-0.39, 0.29) is 6.10 Å². The van der Waals surface area contributed by atoms with Crippen LogP contribution in [-0.2, 0) is 16.0 Å². The maximum Gasteiger partial charge on any atom is 0.122 e. The maximum atomic E-state index is 5.69. The second kappa shape index (κ2) is 6.31. The van der Waals surface area contributed by atoms with E-state index in [0.717, 1.165) is 43.3 Å². The molecule has 3 atom stereocenters. The molecule has 0 amide bonds. The number of nitrogens with one attached hydrogen (secondary N) is 1. The Kier molecular flexibility index (Phi) is 4.48. The van der Waals surface area contributed by atoms with Crippen LogP contribution in [0.1, 0.15) is 49.4 Å². The summed E-state index contributed by atoms with van der Waals surface area (Å²) >= 11 is 1.72. The lowest BCUT2D eigenvalue weighted by Crippen LogP contribution is -2.36. The van der Waals surface area contributed by atoms with Gasteiger partial charge in [-0.05, 0) is 32.6 Å². The molecule has 1 N–H and O–H groups in total. The molecular weight excluding hydrogens is 260 g/mol. The first kappa shape index (κ1) is 13.5. The fourth-order valence-corrected chi connectivity index (χ4v) is 3.62. The maximum absolute atomic E-state index is 5.69. The van der Waals surface area contributed by atoms with Crippen molar-refractivity contribution in [3.63, 3.8) is 0 Å². The third-order valence-corrected chi connectivity index (χ3v) is 4.89. The van der Waals surface area contributed by atoms with Gasteiger partial charge in [-0.15, -0.1) is 11.3 Å². The summed E-state index contributed by atoms with van der Waals surface area (Å²) in [4.78, 5) is 4.68. The van der Waals surface area contributed by atoms with E-state index in [0.29, 0.717) is 12.1 Å². The molecule has 1 aromatic rings. The quantitative estimate of drug-likeness (QED) is 0.901. The fourth-order valence-electron chi connectivity index (χ4n) is 2.72. The zero-order valence-electron chi connectivity index (χ0n) is 11.4. The summed E-state index contributed by atoms with van der Waals surface area (Å²) in [5.41, 5.74) is 1.13. The average Bonchev–Trinajstić information content (AvgIpc) is 3.14. The fraction of sp³-hybridized carbons (Fsp3) is 0.786. The van der Waals surface area contributed by atoms with Gasteiger partial charge in [0, 0.05) is 31.2 Å². The van der Waals surface area contributed by atoms with Crippen LogP contribution in [0.4, 0.5) is 0 Å². The lowest BCUT2D eigenvalue weighted by molar-refractivity contribution is 0.0830. The van der Waals surface area contributed by atoms with Gasteiger partial charge in [0.1, 0.15) is 11.1 Å². The van der Waals surface area contributed by atoms with Crippen molar-refractivity contribution in [3.05, 3.63) is 16.1 Å². The van der Waals surface area contributed by atoms with E-state index < -0.39 is 0 Å². The van der Waals surface area contributed by atoms with Crippen molar-refractivity contribution < 1.29 is 9.47 Å². The monoisotopic (exact) mass is 282 g/mol. The Morgan fingerprint density at radius 2 is 2.21 bits per heavy atom. The molecule has 3 heterocycles. The van der Waals surface area contributed by atoms with E-state index in [4.69, 9.17) is 9.47 Å². The molecule has 19 heavy (non-hydrogen) atoms. The van der Waals surface area contributed by atoms with Crippen LogP contribution in [0, 0.1) is 0 Å². The number of nitrogens with zero attached hydrogens (tertiary/aromatic N) is 1. The summed E-state index contributed by atoms with van der Waals surface area (Å²) in [5, 5.41) is 6.81. The zero-order chi connectivity index (χ0) is 13.1. The first-order valence-electron chi connectivity index (χ1n) is 7.24. The van der Waals surface area contributed by atoms with E-state index in [9.17, 15) is 0 Å².